The van der Waals surface area contributed by atoms with Crippen molar-refractivity contribution in [3.63, 3.8) is 0 Å². The van der Waals surface area contributed by atoms with Crippen LogP contribution >= 0.6 is 27.3 Å². The Kier molecular flexibility index (Phi) is 6.15. The predicted octanol–water partition coefficient (Wildman–Crippen LogP) is 2.99. The number of halogens is 1. The molecule has 3 rings (SSSR count). The van der Waals surface area contributed by atoms with Gasteiger partial charge in [-0.25, -0.2) is 9.97 Å². The highest BCUT2D eigenvalue weighted by Crippen LogP contribution is 2.23. The number of nitrogen functional groups attached to an aromatic ring is 1. The highest BCUT2D eigenvalue weighted by atomic mass is 79.9. The smallest absolute Gasteiger partial charge is 0.263 e. The third-order valence-corrected chi connectivity index (χ3v) is 5.13. The lowest BCUT2D eigenvalue weighted by Gasteiger charge is -2.08. The molecule has 0 fully saturated rings. The zero-order valence-electron chi connectivity index (χ0n) is 14.1. The van der Waals surface area contributed by atoms with Gasteiger partial charge in [-0.2, -0.15) is 0 Å². The molecule has 0 aliphatic rings. The van der Waals surface area contributed by atoms with Gasteiger partial charge in [0.05, 0.1) is 12.1 Å². The third kappa shape index (κ3) is 5.11. The maximum atomic E-state index is 12.4. The van der Waals surface area contributed by atoms with Gasteiger partial charge in [0.25, 0.3) is 5.91 Å². The van der Waals surface area contributed by atoms with Gasteiger partial charge in [-0.15, -0.1) is 11.3 Å². The first-order valence-corrected chi connectivity index (χ1v) is 9.64. The minimum absolute atomic E-state index is 0.189. The molecule has 7 nitrogen and oxygen atoms in total. The molecule has 0 bridgehead atoms. The Labute approximate surface area is 168 Å². The van der Waals surface area contributed by atoms with E-state index in [1.807, 2.05) is 24.3 Å². The van der Waals surface area contributed by atoms with Crippen LogP contribution in [0.2, 0.25) is 0 Å². The number of aromatic nitrogens is 2. The molecule has 4 N–H and O–H groups in total. The van der Waals surface area contributed by atoms with Crippen molar-refractivity contribution in [3.8, 4) is 0 Å². The molecule has 2 amide bonds. The number of hydrogen-bond acceptors (Lipinski definition) is 6. The van der Waals surface area contributed by atoms with Crippen LogP contribution in [-0.2, 0) is 17.8 Å². The summed E-state index contributed by atoms with van der Waals surface area (Å²) in [4.78, 5) is 32.9. The molecular formula is C18H16BrN5O2S. The molecule has 0 unspecified atom stereocenters. The van der Waals surface area contributed by atoms with Crippen molar-refractivity contribution in [2.75, 3.05) is 11.1 Å². The second-order valence-corrected chi connectivity index (χ2v) is 7.46. The molecule has 138 valence electrons. The Morgan fingerprint density at radius 1 is 1.19 bits per heavy atom. The van der Waals surface area contributed by atoms with Crippen molar-refractivity contribution in [3.05, 3.63) is 68.7 Å². The van der Waals surface area contributed by atoms with Crippen LogP contribution in [0.25, 0.3) is 0 Å². The van der Waals surface area contributed by atoms with E-state index in [2.05, 4.69) is 36.5 Å². The molecule has 0 saturated heterocycles. The quantitative estimate of drug-likeness (QED) is 0.539. The summed E-state index contributed by atoms with van der Waals surface area (Å²) < 4.78 is 0.952. The van der Waals surface area contributed by atoms with Crippen molar-refractivity contribution in [1.29, 1.82) is 0 Å². The van der Waals surface area contributed by atoms with E-state index >= 15 is 0 Å². The number of benzene rings is 1. The minimum atomic E-state index is -0.299. The van der Waals surface area contributed by atoms with E-state index in [0.29, 0.717) is 21.9 Å². The Bertz CT molecular complexity index is 958. The highest BCUT2D eigenvalue weighted by molar-refractivity contribution is 9.10. The fourth-order valence-corrected chi connectivity index (χ4v) is 3.36. The maximum absolute atomic E-state index is 12.4. The number of thiophene rings is 1. The van der Waals surface area contributed by atoms with Gasteiger partial charge in [0.1, 0.15) is 17.0 Å². The Balaban J connectivity index is 1.61. The lowest BCUT2D eigenvalue weighted by Crippen LogP contribution is -2.24. The molecule has 27 heavy (non-hydrogen) atoms. The number of carbonyl (C=O) groups excluding carboxylic acids is 2. The van der Waals surface area contributed by atoms with Crippen LogP contribution in [0.15, 0.2) is 52.7 Å². The number of nitrogens with zero attached hydrogens (tertiary/aromatic N) is 2. The first-order chi connectivity index (χ1) is 13.0. The summed E-state index contributed by atoms with van der Waals surface area (Å²) in [5.74, 6) is -0.169. The number of hydrogen-bond donors (Lipinski definition) is 3. The lowest BCUT2D eigenvalue weighted by atomic mass is 10.1. The molecule has 0 saturated carbocycles. The molecule has 3 aromatic rings. The minimum Gasteiger partial charge on any atom is -0.383 e. The van der Waals surface area contributed by atoms with Gasteiger partial charge in [-0.05, 0) is 29.1 Å². The largest absolute Gasteiger partial charge is 0.383 e. The van der Waals surface area contributed by atoms with Gasteiger partial charge in [0.15, 0.2) is 0 Å². The summed E-state index contributed by atoms with van der Waals surface area (Å²) in [6, 6.07) is 9.21. The first kappa shape index (κ1) is 19.0. The average molecular weight is 446 g/mol. The molecule has 0 atom stereocenters. The van der Waals surface area contributed by atoms with Gasteiger partial charge in [-0.3, -0.25) is 9.59 Å². The SMILES string of the molecule is Nc1ncncc1CNC(=O)c1sccc1NC(=O)Cc1ccc(Br)cc1. The lowest BCUT2D eigenvalue weighted by molar-refractivity contribution is -0.115. The summed E-state index contributed by atoms with van der Waals surface area (Å²) in [5, 5.41) is 7.31. The van der Waals surface area contributed by atoms with Gasteiger partial charge in [-0.1, -0.05) is 28.1 Å². The molecule has 1 aromatic carbocycles. The average Bonchev–Trinajstić information content (AvgIpc) is 3.11. The number of nitrogens with one attached hydrogen (secondary N) is 2. The van der Waals surface area contributed by atoms with Gasteiger partial charge < -0.3 is 16.4 Å². The van der Waals surface area contributed by atoms with Crippen LogP contribution in [0.5, 0.6) is 0 Å². The van der Waals surface area contributed by atoms with Crippen LogP contribution in [0, 0.1) is 0 Å². The number of carbonyl (C=O) groups is 2. The van der Waals surface area contributed by atoms with Gasteiger partial charge in [0.2, 0.25) is 5.91 Å². The number of amides is 2. The number of anilines is 2. The van der Waals surface area contributed by atoms with Crippen LogP contribution in [0.4, 0.5) is 11.5 Å². The number of rotatable bonds is 6. The maximum Gasteiger partial charge on any atom is 0.263 e. The normalized spacial score (nSPS) is 10.4. The van der Waals surface area contributed by atoms with Gasteiger partial charge in [0, 0.05) is 22.8 Å². The summed E-state index contributed by atoms with van der Waals surface area (Å²) >= 11 is 4.61. The summed E-state index contributed by atoms with van der Waals surface area (Å²) in [6.07, 6.45) is 3.12. The molecule has 0 radical (unpaired) electrons. The fourth-order valence-electron chi connectivity index (χ4n) is 2.33. The highest BCUT2D eigenvalue weighted by Gasteiger charge is 2.16. The molecule has 2 aromatic heterocycles. The Morgan fingerprint density at radius 2 is 1.96 bits per heavy atom. The van der Waals surface area contributed by atoms with E-state index in [1.54, 1.807) is 17.6 Å². The molecule has 9 heteroatoms. The van der Waals surface area contributed by atoms with Crippen molar-refractivity contribution < 1.29 is 9.59 Å². The zero-order chi connectivity index (χ0) is 19.2. The van der Waals surface area contributed by atoms with E-state index < -0.39 is 0 Å². The van der Waals surface area contributed by atoms with E-state index in [4.69, 9.17) is 5.73 Å². The molecule has 0 spiro atoms. The fraction of sp³-hybridized carbons (Fsp3) is 0.111. The second-order valence-electron chi connectivity index (χ2n) is 5.63. The topological polar surface area (TPSA) is 110 Å². The summed E-state index contributed by atoms with van der Waals surface area (Å²) in [7, 11) is 0. The van der Waals surface area contributed by atoms with Crippen molar-refractivity contribution in [2.45, 2.75) is 13.0 Å². The van der Waals surface area contributed by atoms with E-state index in [0.717, 1.165) is 10.0 Å². The summed E-state index contributed by atoms with van der Waals surface area (Å²) in [6.45, 7) is 0.204. The predicted molar refractivity (Wildman–Crippen MR) is 108 cm³/mol. The van der Waals surface area contributed by atoms with E-state index in [9.17, 15) is 9.59 Å². The van der Waals surface area contributed by atoms with Gasteiger partial charge >= 0.3 is 0 Å². The molecule has 0 aliphatic heterocycles. The Hall–Kier alpha value is -2.78. The Morgan fingerprint density at radius 3 is 2.70 bits per heavy atom. The summed E-state index contributed by atoms with van der Waals surface area (Å²) in [5.41, 5.74) is 7.74. The third-order valence-electron chi connectivity index (χ3n) is 3.69. The van der Waals surface area contributed by atoms with E-state index in [1.165, 1.54) is 17.7 Å². The van der Waals surface area contributed by atoms with Crippen LogP contribution in [0.3, 0.4) is 0 Å². The van der Waals surface area contributed by atoms with Crippen LogP contribution in [0.1, 0.15) is 20.8 Å². The van der Waals surface area contributed by atoms with Crippen molar-refractivity contribution >= 4 is 50.6 Å². The number of nitrogens with two attached hydrogens (primary N) is 1. The first-order valence-electron chi connectivity index (χ1n) is 7.97. The van der Waals surface area contributed by atoms with Crippen molar-refractivity contribution in [1.82, 2.24) is 15.3 Å². The molecule has 2 heterocycles. The standard InChI is InChI=1S/C18H16BrN5O2S/c19-13-3-1-11(2-4-13)7-15(25)24-14-5-6-27-16(14)18(26)22-9-12-8-21-10-23-17(12)20/h1-6,8,10H,7,9H2,(H,22,26)(H,24,25)(H2,20,21,23). The van der Waals surface area contributed by atoms with Crippen LogP contribution < -0.4 is 16.4 Å². The zero-order valence-corrected chi connectivity index (χ0v) is 16.5. The molecular weight excluding hydrogens is 430 g/mol. The van der Waals surface area contributed by atoms with Crippen LogP contribution in [-0.4, -0.2) is 21.8 Å². The molecule has 0 aliphatic carbocycles. The monoisotopic (exact) mass is 445 g/mol. The van der Waals surface area contributed by atoms with E-state index in [-0.39, 0.29) is 24.8 Å². The second kappa shape index (κ2) is 8.74. The van der Waals surface area contributed by atoms with Crippen molar-refractivity contribution in [2.24, 2.45) is 0 Å².